The minimum Gasteiger partial charge on any atom is -0.355 e. The lowest BCUT2D eigenvalue weighted by atomic mass is 9.87. The molecule has 0 saturated carbocycles. The number of carbonyl (C=O) groups excluding carboxylic acids is 1. The van der Waals surface area contributed by atoms with E-state index in [-0.39, 0.29) is 23.4 Å². The number of rotatable bonds is 3. The number of benzene rings is 2. The van der Waals surface area contributed by atoms with Gasteiger partial charge in [0.1, 0.15) is 0 Å². The summed E-state index contributed by atoms with van der Waals surface area (Å²) in [5, 5.41) is 6.74. The predicted molar refractivity (Wildman–Crippen MR) is 91.4 cm³/mol. The predicted octanol–water partition coefficient (Wildman–Crippen LogP) is 4.43. The maximum atomic E-state index is 13.4. The van der Waals surface area contributed by atoms with Gasteiger partial charge in [0, 0.05) is 11.6 Å². The number of fused-ring (bicyclic) bond motifs is 1. The summed E-state index contributed by atoms with van der Waals surface area (Å²) >= 11 is 0. The number of amides is 1. The van der Waals surface area contributed by atoms with Crippen molar-refractivity contribution in [3.63, 3.8) is 0 Å². The first kappa shape index (κ1) is 16.4. The molecule has 1 N–H and O–H groups in total. The molecule has 1 atom stereocenters. The fourth-order valence-electron chi connectivity index (χ4n) is 3.30. The summed E-state index contributed by atoms with van der Waals surface area (Å²) in [4.78, 5) is 12.5. The van der Waals surface area contributed by atoms with E-state index in [1.807, 2.05) is 18.2 Å². The largest absolute Gasteiger partial charge is 0.355 e. The molecule has 0 bridgehead atoms. The molecule has 2 aromatic carbocycles. The maximum Gasteiger partial charge on any atom is 0.273 e. The van der Waals surface area contributed by atoms with E-state index in [1.54, 1.807) is 0 Å². The molecule has 1 aromatic heterocycles. The fraction of sp³-hybridized carbons (Fsp3) is 0.200. The van der Waals surface area contributed by atoms with Gasteiger partial charge in [0.2, 0.25) is 0 Å². The lowest BCUT2D eigenvalue weighted by Crippen LogP contribution is -2.31. The van der Waals surface area contributed by atoms with Crippen LogP contribution in [0.2, 0.25) is 0 Å². The quantitative estimate of drug-likeness (QED) is 0.757. The third-order valence-corrected chi connectivity index (χ3v) is 4.62. The van der Waals surface area contributed by atoms with Gasteiger partial charge in [-0.15, -0.1) is 0 Å². The molecule has 0 aliphatic heterocycles. The van der Waals surface area contributed by atoms with Crippen LogP contribution in [0.4, 0.5) is 8.78 Å². The molecule has 4 rings (SSSR count). The Labute approximate surface area is 148 Å². The SMILES string of the molecule is O=C(NC1CCCc2ccccc21)c1cc(-c2ccc(F)c(F)c2)on1. The third kappa shape index (κ3) is 3.10. The molecule has 4 nitrogen and oxygen atoms in total. The zero-order valence-corrected chi connectivity index (χ0v) is 13.8. The highest BCUT2D eigenvalue weighted by Gasteiger charge is 2.23. The van der Waals surface area contributed by atoms with E-state index < -0.39 is 11.6 Å². The summed E-state index contributed by atoms with van der Waals surface area (Å²) in [6.07, 6.45) is 2.87. The van der Waals surface area contributed by atoms with E-state index in [4.69, 9.17) is 4.52 Å². The Kier molecular flexibility index (Phi) is 4.24. The number of hydrogen-bond donors (Lipinski definition) is 1. The Morgan fingerprint density at radius 3 is 2.81 bits per heavy atom. The minimum atomic E-state index is -0.983. The molecule has 26 heavy (non-hydrogen) atoms. The topological polar surface area (TPSA) is 55.1 Å². The van der Waals surface area contributed by atoms with Gasteiger partial charge < -0.3 is 9.84 Å². The second-order valence-corrected chi connectivity index (χ2v) is 6.32. The fourth-order valence-corrected chi connectivity index (χ4v) is 3.30. The number of carbonyl (C=O) groups is 1. The summed E-state index contributed by atoms with van der Waals surface area (Å²) in [6, 6.07) is 12.8. The number of nitrogens with zero attached hydrogens (tertiary/aromatic N) is 1. The van der Waals surface area contributed by atoms with Crippen molar-refractivity contribution in [2.45, 2.75) is 25.3 Å². The molecule has 0 saturated heterocycles. The molecule has 0 radical (unpaired) electrons. The van der Waals surface area contributed by atoms with Crippen LogP contribution in [0.25, 0.3) is 11.3 Å². The maximum absolute atomic E-state index is 13.4. The smallest absolute Gasteiger partial charge is 0.273 e. The van der Waals surface area contributed by atoms with Crippen LogP contribution in [0.5, 0.6) is 0 Å². The zero-order valence-electron chi connectivity index (χ0n) is 13.8. The molecule has 6 heteroatoms. The van der Waals surface area contributed by atoms with Crippen molar-refractivity contribution in [3.05, 3.63) is 77.0 Å². The second-order valence-electron chi connectivity index (χ2n) is 6.32. The molecule has 1 aliphatic carbocycles. The van der Waals surface area contributed by atoms with Crippen LogP contribution in [0, 0.1) is 11.6 Å². The van der Waals surface area contributed by atoms with Gasteiger partial charge in [-0.25, -0.2) is 8.78 Å². The van der Waals surface area contributed by atoms with Crippen molar-refractivity contribution >= 4 is 5.91 Å². The van der Waals surface area contributed by atoms with Gasteiger partial charge in [0.15, 0.2) is 23.1 Å². The number of aromatic nitrogens is 1. The Hall–Kier alpha value is -3.02. The molecule has 1 aliphatic rings. The van der Waals surface area contributed by atoms with Crippen molar-refractivity contribution in [2.75, 3.05) is 0 Å². The Morgan fingerprint density at radius 2 is 1.96 bits per heavy atom. The van der Waals surface area contributed by atoms with E-state index in [2.05, 4.69) is 16.5 Å². The average Bonchev–Trinajstić information content (AvgIpc) is 3.15. The first-order valence-electron chi connectivity index (χ1n) is 8.42. The zero-order chi connectivity index (χ0) is 18.1. The van der Waals surface area contributed by atoms with E-state index in [0.29, 0.717) is 5.56 Å². The van der Waals surface area contributed by atoms with E-state index in [1.165, 1.54) is 17.7 Å². The van der Waals surface area contributed by atoms with Gasteiger partial charge in [-0.1, -0.05) is 29.4 Å². The highest BCUT2D eigenvalue weighted by atomic mass is 19.2. The van der Waals surface area contributed by atoms with Gasteiger partial charge in [-0.2, -0.15) is 0 Å². The van der Waals surface area contributed by atoms with Crippen LogP contribution in [-0.4, -0.2) is 11.1 Å². The molecule has 1 amide bonds. The van der Waals surface area contributed by atoms with Gasteiger partial charge in [-0.05, 0) is 48.6 Å². The Morgan fingerprint density at radius 1 is 1.12 bits per heavy atom. The molecule has 132 valence electrons. The van der Waals surface area contributed by atoms with Crippen LogP contribution in [0.3, 0.4) is 0 Å². The molecule has 0 fully saturated rings. The Balaban J connectivity index is 1.53. The summed E-state index contributed by atoms with van der Waals surface area (Å²) < 4.78 is 31.5. The van der Waals surface area contributed by atoms with Crippen LogP contribution < -0.4 is 5.32 Å². The number of halogens is 2. The van der Waals surface area contributed by atoms with Gasteiger partial charge >= 0.3 is 0 Å². The first-order valence-corrected chi connectivity index (χ1v) is 8.42. The molecule has 1 unspecified atom stereocenters. The van der Waals surface area contributed by atoms with Gasteiger partial charge in [-0.3, -0.25) is 4.79 Å². The highest BCUT2D eigenvalue weighted by Crippen LogP contribution is 2.30. The minimum absolute atomic E-state index is 0.0733. The number of hydrogen-bond acceptors (Lipinski definition) is 3. The highest BCUT2D eigenvalue weighted by molar-refractivity contribution is 5.93. The second kappa shape index (κ2) is 6.71. The van der Waals surface area contributed by atoms with Crippen molar-refractivity contribution < 1.29 is 18.1 Å². The number of nitrogens with one attached hydrogen (secondary N) is 1. The molecular formula is C20H16F2N2O2. The van der Waals surface area contributed by atoms with Crippen molar-refractivity contribution in [3.8, 4) is 11.3 Å². The van der Waals surface area contributed by atoms with Crippen LogP contribution in [0.15, 0.2) is 53.1 Å². The lowest BCUT2D eigenvalue weighted by molar-refractivity contribution is 0.0923. The van der Waals surface area contributed by atoms with Crippen molar-refractivity contribution in [1.29, 1.82) is 0 Å². The van der Waals surface area contributed by atoms with E-state index >= 15 is 0 Å². The van der Waals surface area contributed by atoms with Crippen LogP contribution in [-0.2, 0) is 6.42 Å². The van der Waals surface area contributed by atoms with Crippen molar-refractivity contribution in [2.24, 2.45) is 0 Å². The molecule has 0 spiro atoms. The van der Waals surface area contributed by atoms with Crippen LogP contribution >= 0.6 is 0 Å². The molecule has 3 aromatic rings. The van der Waals surface area contributed by atoms with Crippen molar-refractivity contribution in [1.82, 2.24) is 10.5 Å². The van der Waals surface area contributed by atoms with Gasteiger partial charge in [0.25, 0.3) is 5.91 Å². The summed E-state index contributed by atoms with van der Waals surface area (Å²) in [6.45, 7) is 0. The standard InChI is InChI=1S/C20H16F2N2O2/c21-15-9-8-13(10-16(15)22)19-11-18(24-26-19)20(25)23-17-7-3-5-12-4-1-2-6-14(12)17/h1-2,4,6,8-11,17H,3,5,7H2,(H,23,25). The van der Waals surface area contributed by atoms with E-state index in [0.717, 1.165) is 37.0 Å². The monoisotopic (exact) mass is 354 g/mol. The van der Waals surface area contributed by atoms with E-state index in [9.17, 15) is 13.6 Å². The third-order valence-electron chi connectivity index (χ3n) is 4.62. The van der Waals surface area contributed by atoms with Gasteiger partial charge in [0.05, 0.1) is 6.04 Å². The van der Waals surface area contributed by atoms with Crippen LogP contribution in [0.1, 0.15) is 40.5 Å². The normalized spacial score (nSPS) is 16.2. The number of aryl methyl sites for hydroxylation is 1. The average molecular weight is 354 g/mol. The summed E-state index contributed by atoms with van der Waals surface area (Å²) in [5.41, 5.74) is 2.79. The molecular weight excluding hydrogens is 338 g/mol. The summed E-state index contributed by atoms with van der Waals surface area (Å²) in [7, 11) is 0. The lowest BCUT2D eigenvalue weighted by Gasteiger charge is -2.25. The molecule has 1 heterocycles. The first-order chi connectivity index (χ1) is 12.6. The Bertz CT molecular complexity index is 968. The summed E-state index contributed by atoms with van der Waals surface area (Å²) in [5.74, 6) is -2.08.